The lowest BCUT2D eigenvalue weighted by molar-refractivity contribution is -0.131. The Bertz CT molecular complexity index is 158. The van der Waals surface area contributed by atoms with Gasteiger partial charge in [0.2, 0.25) is 5.91 Å². The second-order valence-electron chi connectivity index (χ2n) is 3.35. The third kappa shape index (κ3) is 5.19. The van der Waals surface area contributed by atoms with Crippen LogP contribution in [0.5, 0.6) is 0 Å². The summed E-state index contributed by atoms with van der Waals surface area (Å²) in [4.78, 5) is 13.4. The summed E-state index contributed by atoms with van der Waals surface area (Å²) in [7, 11) is 0. The van der Waals surface area contributed by atoms with Crippen molar-refractivity contribution in [1.82, 2.24) is 10.2 Å². The van der Waals surface area contributed by atoms with Crippen LogP contribution >= 0.6 is 0 Å². The van der Waals surface area contributed by atoms with Crippen LogP contribution in [0.1, 0.15) is 27.2 Å². The molecule has 1 unspecified atom stereocenters. The molecule has 1 amide bonds. The highest BCUT2D eigenvalue weighted by atomic mass is 16.3. The molecule has 0 spiro atoms. The molecule has 4 heteroatoms. The number of hydrogen-bond acceptors (Lipinski definition) is 3. The molecule has 2 N–H and O–H groups in total. The molecule has 0 saturated heterocycles. The van der Waals surface area contributed by atoms with Gasteiger partial charge >= 0.3 is 0 Å². The van der Waals surface area contributed by atoms with E-state index in [-0.39, 0.29) is 18.6 Å². The molecule has 0 radical (unpaired) electrons. The van der Waals surface area contributed by atoms with E-state index in [9.17, 15) is 4.79 Å². The summed E-state index contributed by atoms with van der Waals surface area (Å²) in [5.74, 6) is 0.174. The van der Waals surface area contributed by atoms with E-state index in [2.05, 4.69) is 5.32 Å². The van der Waals surface area contributed by atoms with Gasteiger partial charge in [-0.2, -0.15) is 0 Å². The van der Waals surface area contributed by atoms with Crippen molar-refractivity contribution in [2.24, 2.45) is 0 Å². The number of aliphatic hydroxyl groups excluding tert-OH is 1. The summed E-state index contributed by atoms with van der Waals surface area (Å²) < 4.78 is 0. The van der Waals surface area contributed by atoms with E-state index in [1.165, 1.54) is 0 Å². The Hall–Kier alpha value is -0.610. The SMILES string of the molecule is CCN(CC)C(=O)CC(C)NCCO. The Labute approximate surface area is 86.3 Å². The van der Waals surface area contributed by atoms with Gasteiger partial charge in [0, 0.05) is 32.1 Å². The Morgan fingerprint density at radius 2 is 2.00 bits per heavy atom. The normalized spacial score (nSPS) is 12.6. The number of amides is 1. The van der Waals surface area contributed by atoms with Gasteiger partial charge in [-0.1, -0.05) is 0 Å². The van der Waals surface area contributed by atoms with Crippen LogP contribution < -0.4 is 5.32 Å². The summed E-state index contributed by atoms with van der Waals surface area (Å²) in [6.07, 6.45) is 0.502. The van der Waals surface area contributed by atoms with Crippen LogP contribution in [0, 0.1) is 0 Å². The molecule has 0 bridgehead atoms. The number of carbonyl (C=O) groups excluding carboxylic acids is 1. The molecule has 0 aromatic carbocycles. The maximum atomic E-state index is 11.6. The van der Waals surface area contributed by atoms with E-state index in [1.54, 1.807) is 0 Å². The number of nitrogens with one attached hydrogen (secondary N) is 1. The summed E-state index contributed by atoms with van der Waals surface area (Å²) in [5, 5.41) is 11.7. The molecule has 14 heavy (non-hydrogen) atoms. The fourth-order valence-electron chi connectivity index (χ4n) is 1.35. The molecular weight excluding hydrogens is 180 g/mol. The molecule has 0 saturated carbocycles. The van der Waals surface area contributed by atoms with E-state index in [4.69, 9.17) is 5.11 Å². The van der Waals surface area contributed by atoms with Crippen molar-refractivity contribution in [3.63, 3.8) is 0 Å². The van der Waals surface area contributed by atoms with Crippen molar-refractivity contribution in [2.75, 3.05) is 26.2 Å². The zero-order valence-electron chi connectivity index (χ0n) is 9.42. The molecule has 0 heterocycles. The van der Waals surface area contributed by atoms with Crippen molar-refractivity contribution < 1.29 is 9.90 Å². The second kappa shape index (κ2) is 7.76. The Kier molecular flexibility index (Phi) is 7.42. The lowest BCUT2D eigenvalue weighted by Crippen LogP contribution is -2.37. The van der Waals surface area contributed by atoms with E-state index in [1.807, 2.05) is 25.7 Å². The van der Waals surface area contributed by atoms with Crippen LogP contribution in [0.15, 0.2) is 0 Å². The second-order valence-corrected chi connectivity index (χ2v) is 3.35. The number of hydrogen-bond donors (Lipinski definition) is 2. The number of carbonyl (C=O) groups is 1. The predicted octanol–water partition coefficient (Wildman–Crippen LogP) is 0.215. The quantitative estimate of drug-likeness (QED) is 0.621. The molecule has 1 atom stereocenters. The molecule has 0 aromatic heterocycles. The van der Waals surface area contributed by atoms with Crippen molar-refractivity contribution in [2.45, 2.75) is 33.2 Å². The molecule has 0 aliphatic carbocycles. The molecule has 0 fully saturated rings. The first kappa shape index (κ1) is 13.4. The highest BCUT2D eigenvalue weighted by Crippen LogP contribution is 1.97. The van der Waals surface area contributed by atoms with Crippen molar-refractivity contribution in [1.29, 1.82) is 0 Å². The van der Waals surface area contributed by atoms with Crippen LogP contribution in [0.3, 0.4) is 0 Å². The van der Waals surface area contributed by atoms with E-state index in [0.29, 0.717) is 13.0 Å². The molecule has 0 aromatic rings. The lowest BCUT2D eigenvalue weighted by atomic mass is 10.2. The standard InChI is InChI=1S/C10H22N2O2/c1-4-12(5-2)10(14)8-9(3)11-6-7-13/h9,11,13H,4-8H2,1-3H3. The summed E-state index contributed by atoms with van der Waals surface area (Å²) in [6.45, 7) is 8.11. The van der Waals surface area contributed by atoms with Crippen LogP contribution in [-0.4, -0.2) is 48.2 Å². The van der Waals surface area contributed by atoms with Gasteiger partial charge in [0.05, 0.1) is 6.61 Å². The van der Waals surface area contributed by atoms with Crippen LogP contribution in [0.25, 0.3) is 0 Å². The van der Waals surface area contributed by atoms with Gasteiger partial charge in [0.1, 0.15) is 0 Å². The van der Waals surface area contributed by atoms with E-state index in [0.717, 1.165) is 13.1 Å². The first-order valence-corrected chi connectivity index (χ1v) is 5.27. The Morgan fingerprint density at radius 1 is 1.43 bits per heavy atom. The van der Waals surface area contributed by atoms with Crippen molar-refractivity contribution in [3.05, 3.63) is 0 Å². The van der Waals surface area contributed by atoms with Gasteiger partial charge in [-0.05, 0) is 20.8 Å². The highest BCUT2D eigenvalue weighted by molar-refractivity contribution is 5.76. The number of rotatable bonds is 7. The molecule has 0 aliphatic rings. The average molecular weight is 202 g/mol. The topological polar surface area (TPSA) is 52.6 Å². The molecule has 0 rings (SSSR count). The number of aliphatic hydroxyl groups is 1. The monoisotopic (exact) mass is 202 g/mol. The first-order valence-electron chi connectivity index (χ1n) is 5.27. The minimum Gasteiger partial charge on any atom is -0.395 e. The van der Waals surface area contributed by atoms with Crippen LogP contribution in [0.4, 0.5) is 0 Å². The van der Waals surface area contributed by atoms with Gasteiger partial charge in [-0.3, -0.25) is 4.79 Å². The summed E-state index contributed by atoms with van der Waals surface area (Å²) >= 11 is 0. The van der Waals surface area contributed by atoms with E-state index < -0.39 is 0 Å². The summed E-state index contributed by atoms with van der Waals surface area (Å²) in [6, 6.07) is 0.134. The fourth-order valence-corrected chi connectivity index (χ4v) is 1.35. The third-order valence-electron chi connectivity index (χ3n) is 2.20. The van der Waals surface area contributed by atoms with Gasteiger partial charge in [0.25, 0.3) is 0 Å². The molecular formula is C10H22N2O2. The van der Waals surface area contributed by atoms with Crippen LogP contribution in [-0.2, 0) is 4.79 Å². The minimum atomic E-state index is 0.115. The Balaban J connectivity index is 3.79. The largest absolute Gasteiger partial charge is 0.395 e. The van der Waals surface area contributed by atoms with Gasteiger partial charge in [0.15, 0.2) is 0 Å². The maximum Gasteiger partial charge on any atom is 0.224 e. The fraction of sp³-hybridized carbons (Fsp3) is 0.900. The van der Waals surface area contributed by atoms with Gasteiger partial charge in [-0.25, -0.2) is 0 Å². The molecule has 84 valence electrons. The van der Waals surface area contributed by atoms with Crippen molar-refractivity contribution in [3.8, 4) is 0 Å². The first-order chi connectivity index (χ1) is 6.65. The summed E-state index contributed by atoms with van der Waals surface area (Å²) in [5.41, 5.74) is 0. The highest BCUT2D eigenvalue weighted by Gasteiger charge is 2.12. The number of nitrogens with zero attached hydrogens (tertiary/aromatic N) is 1. The zero-order chi connectivity index (χ0) is 11.0. The molecule has 4 nitrogen and oxygen atoms in total. The minimum absolute atomic E-state index is 0.115. The van der Waals surface area contributed by atoms with E-state index >= 15 is 0 Å². The third-order valence-corrected chi connectivity index (χ3v) is 2.20. The predicted molar refractivity (Wildman–Crippen MR) is 57.1 cm³/mol. The van der Waals surface area contributed by atoms with Crippen molar-refractivity contribution >= 4 is 5.91 Å². The Morgan fingerprint density at radius 3 is 2.43 bits per heavy atom. The smallest absolute Gasteiger partial charge is 0.224 e. The van der Waals surface area contributed by atoms with Gasteiger partial charge in [-0.15, -0.1) is 0 Å². The van der Waals surface area contributed by atoms with Crippen LogP contribution in [0.2, 0.25) is 0 Å². The average Bonchev–Trinajstić information content (AvgIpc) is 2.16. The van der Waals surface area contributed by atoms with Gasteiger partial charge < -0.3 is 15.3 Å². The molecule has 0 aliphatic heterocycles. The zero-order valence-corrected chi connectivity index (χ0v) is 9.42. The lowest BCUT2D eigenvalue weighted by Gasteiger charge is -2.21. The maximum absolute atomic E-state index is 11.6.